The van der Waals surface area contributed by atoms with E-state index in [-0.39, 0.29) is 12.4 Å². The first kappa shape index (κ1) is 22.0. The van der Waals surface area contributed by atoms with Gasteiger partial charge >= 0.3 is 0 Å². The normalized spacial score (nSPS) is 11.8. The molecule has 0 bridgehead atoms. The third-order valence-corrected chi connectivity index (χ3v) is 5.56. The van der Waals surface area contributed by atoms with Gasteiger partial charge in [0, 0.05) is 13.1 Å². The summed E-state index contributed by atoms with van der Waals surface area (Å²) in [5.74, 6) is 2.43. The van der Waals surface area contributed by atoms with Gasteiger partial charge in [0.1, 0.15) is 12.4 Å². The molecule has 0 fully saturated rings. The van der Waals surface area contributed by atoms with Gasteiger partial charge in [0.15, 0.2) is 11.5 Å². The molecule has 29 heavy (non-hydrogen) atoms. The maximum absolute atomic E-state index is 5.99. The second-order valence-corrected chi connectivity index (χ2v) is 8.16. The molecule has 0 amide bonds. The molecular formula is C22H20Br2ClNO3. The first-order chi connectivity index (χ1) is 13.7. The fourth-order valence-electron chi connectivity index (χ4n) is 2.98. The van der Waals surface area contributed by atoms with Crippen LogP contribution in [0, 0.1) is 0 Å². The molecule has 7 heteroatoms. The van der Waals surface area contributed by atoms with Crippen LogP contribution in [0.25, 0.3) is 0 Å². The molecule has 0 spiro atoms. The summed E-state index contributed by atoms with van der Waals surface area (Å²) in [6.07, 6.45) is 0. The lowest BCUT2D eigenvalue weighted by atomic mass is 10.2. The van der Waals surface area contributed by atoms with Gasteiger partial charge in [-0.15, -0.1) is 12.4 Å². The molecule has 0 radical (unpaired) electrons. The lowest BCUT2D eigenvalue weighted by Gasteiger charge is -2.13. The standard InChI is InChI=1S/C22H19Br2NO3.ClH/c23-18-8-17(9-19(24)22(18)26-13-15-4-2-1-3-5-15)12-25-11-16-6-7-20-21(10-16)28-14-27-20;/h1-10,25H,11-14H2;1H. The van der Waals surface area contributed by atoms with E-state index in [1.54, 1.807) is 0 Å². The molecule has 4 rings (SSSR count). The minimum atomic E-state index is 0. The number of rotatable bonds is 7. The van der Waals surface area contributed by atoms with Crippen LogP contribution in [0.4, 0.5) is 0 Å². The molecular weight excluding hydrogens is 522 g/mol. The van der Waals surface area contributed by atoms with Crippen molar-refractivity contribution in [1.82, 2.24) is 5.32 Å². The molecule has 0 saturated heterocycles. The van der Waals surface area contributed by atoms with Gasteiger partial charge in [-0.3, -0.25) is 0 Å². The van der Waals surface area contributed by atoms with Crippen molar-refractivity contribution >= 4 is 44.3 Å². The highest BCUT2D eigenvalue weighted by molar-refractivity contribution is 9.11. The Labute approximate surface area is 193 Å². The lowest BCUT2D eigenvalue weighted by Crippen LogP contribution is -2.12. The Hall–Kier alpha value is -1.73. The smallest absolute Gasteiger partial charge is 0.231 e. The molecule has 0 saturated carbocycles. The summed E-state index contributed by atoms with van der Waals surface area (Å²) >= 11 is 7.26. The Bertz CT molecular complexity index is 947. The van der Waals surface area contributed by atoms with Gasteiger partial charge in [-0.2, -0.15) is 0 Å². The average molecular weight is 542 g/mol. The van der Waals surface area contributed by atoms with Crippen LogP contribution in [-0.2, 0) is 19.7 Å². The van der Waals surface area contributed by atoms with Crippen molar-refractivity contribution in [3.05, 3.63) is 86.3 Å². The summed E-state index contributed by atoms with van der Waals surface area (Å²) in [5.41, 5.74) is 3.45. The monoisotopic (exact) mass is 539 g/mol. The maximum atomic E-state index is 5.99. The molecule has 1 N–H and O–H groups in total. The van der Waals surface area contributed by atoms with E-state index in [0.29, 0.717) is 13.4 Å². The fraction of sp³-hybridized carbons (Fsp3) is 0.182. The van der Waals surface area contributed by atoms with Crippen LogP contribution in [0.1, 0.15) is 16.7 Å². The van der Waals surface area contributed by atoms with Crippen LogP contribution in [0.3, 0.4) is 0 Å². The quantitative estimate of drug-likeness (QED) is 0.385. The summed E-state index contributed by atoms with van der Waals surface area (Å²) in [6.45, 7) is 2.31. The van der Waals surface area contributed by atoms with Gasteiger partial charge in [-0.25, -0.2) is 0 Å². The van der Waals surface area contributed by atoms with Crippen LogP contribution in [-0.4, -0.2) is 6.79 Å². The molecule has 1 aliphatic rings. The van der Waals surface area contributed by atoms with Crippen LogP contribution in [0.2, 0.25) is 0 Å². The van der Waals surface area contributed by atoms with Gasteiger partial charge in [-0.05, 0) is 72.8 Å². The Balaban J connectivity index is 0.00000240. The van der Waals surface area contributed by atoms with E-state index in [4.69, 9.17) is 14.2 Å². The number of ether oxygens (including phenoxy) is 3. The minimum Gasteiger partial charge on any atom is -0.487 e. The first-order valence-corrected chi connectivity index (χ1v) is 10.5. The van der Waals surface area contributed by atoms with E-state index in [2.05, 4.69) is 61.4 Å². The number of nitrogens with one attached hydrogen (secondary N) is 1. The van der Waals surface area contributed by atoms with E-state index in [0.717, 1.165) is 56.0 Å². The molecule has 152 valence electrons. The van der Waals surface area contributed by atoms with Gasteiger partial charge < -0.3 is 19.5 Å². The molecule has 3 aromatic carbocycles. The number of fused-ring (bicyclic) bond motifs is 1. The molecule has 1 heterocycles. The highest BCUT2D eigenvalue weighted by Crippen LogP contribution is 2.35. The van der Waals surface area contributed by atoms with Crippen LogP contribution in [0.5, 0.6) is 17.2 Å². The molecule has 1 aliphatic heterocycles. The first-order valence-electron chi connectivity index (χ1n) is 8.93. The molecule has 3 aromatic rings. The van der Waals surface area contributed by atoms with Crippen molar-refractivity contribution in [3.8, 4) is 17.2 Å². The Morgan fingerprint density at radius 3 is 2.24 bits per heavy atom. The topological polar surface area (TPSA) is 39.7 Å². The van der Waals surface area contributed by atoms with E-state index >= 15 is 0 Å². The molecule has 0 aliphatic carbocycles. The van der Waals surface area contributed by atoms with Crippen molar-refractivity contribution in [2.75, 3.05) is 6.79 Å². The second-order valence-electron chi connectivity index (χ2n) is 6.45. The second kappa shape index (κ2) is 10.3. The predicted octanol–water partition coefficient (Wildman–Crippen LogP) is 6.23. The zero-order valence-electron chi connectivity index (χ0n) is 15.5. The Morgan fingerprint density at radius 2 is 1.48 bits per heavy atom. The van der Waals surface area contributed by atoms with E-state index < -0.39 is 0 Å². The zero-order chi connectivity index (χ0) is 19.3. The molecule has 0 unspecified atom stereocenters. The van der Waals surface area contributed by atoms with E-state index in [1.165, 1.54) is 0 Å². The summed E-state index contributed by atoms with van der Waals surface area (Å²) in [4.78, 5) is 0. The predicted molar refractivity (Wildman–Crippen MR) is 123 cm³/mol. The highest BCUT2D eigenvalue weighted by Gasteiger charge is 2.13. The van der Waals surface area contributed by atoms with Crippen molar-refractivity contribution < 1.29 is 14.2 Å². The number of halogens is 3. The van der Waals surface area contributed by atoms with Crippen molar-refractivity contribution in [3.63, 3.8) is 0 Å². The van der Waals surface area contributed by atoms with Gasteiger partial charge in [0.05, 0.1) is 8.95 Å². The molecule has 4 nitrogen and oxygen atoms in total. The minimum absolute atomic E-state index is 0. The summed E-state index contributed by atoms with van der Waals surface area (Å²) in [7, 11) is 0. The van der Waals surface area contributed by atoms with Crippen molar-refractivity contribution in [2.24, 2.45) is 0 Å². The van der Waals surface area contributed by atoms with E-state index in [1.807, 2.05) is 36.4 Å². The summed E-state index contributed by atoms with van der Waals surface area (Å²) in [5, 5.41) is 3.46. The molecule has 0 aromatic heterocycles. The van der Waals surface area contributed by atoms with Crippen molar-refractivity contribution in [1.29, 1.82) is 0 Å². The number of benzene rings is 3. The third kappa shape index (κ3) is 5.66. The average Bonchev–Trinajstić information content (AvgIpc) is 3.16. The fourth-order valence-corrected chi connectivity index (χ4v) is 4.49. The Morgan fingerprint density at radius 1 is 0.793 bits per heavy atom. The van der Waals surface area contributed by atoms with Gasteiger partial charge in [-0.1, -0.05) is 36.4 Å². The van der Waals surface area contributed by atoms with Crippen LogP contribution < -0.4 is 19.5 Å². The molecule has 0 atom stereocenters. The SMILES string of the molecule is Brc1cc(CNCc2ccc3c(c2)OCO3)cc(Br)c1OCc1ccccc1.Cl. The summed E-state index contributed by atoms with van der Waals surface area (Å²) < 4.78 is 18.6. The number of hydrogen-bond donors (Lipinski definition) is 1. The maximum Gasteiger partial charge on any atom is 0.231 e. The number of hydrogen-bond acceptors (Lipinski definition) is 4. The summed E-state index contributed by atoms with van der Waals surface area (Å²) in [6, 6.07) is 20.3. The van der Waals surface area contributed by atoms with Crippen molar-refractivity contribution in [2.45, 2.75) is 19.7 Å². The van der Waals surface area contributed by atoms with Gasteiger partial charge in [0.25, 0.3) is 0 Å². The lowest BCUT2D eigenvalue weighted by molar-refractivity contribution is 0.174. The Kier molecular flexibility index (Phi) is 7.84. The largest absolute Gasteiger partial charge is 0.487 e. The van der Waals surface area contributed by atoms with Crippen LogP contribution >= 0.6 is 44.3 Å². The van der Waals surface area contributed by atoms with Gasteiger partial charge in [0.2, 0.25) is 6.79 Å². The zero-order valence-corrected chi connectivity index (χ0v) is 19.5. The third-order valence-electron chi connectivity index (χ3n) is 4.38. The van der Waals surface area contributed by atoms with Crippen LogP contribution in [0.15, 0.2) is 69.6 Å². The highest BCUT2D eigenvalue weighted by atomic mass is 79.9. The van der Waals surface area contributed by atoms with E-state index in [9.17, 15) is 0 Å².